The molecule has 2 N–H and O–H groups in total. The van der Waals surface area contributed by atoms with Crippen LogP contribution in [-0.4, -0.2) is 21.4 Å². The second kappa shape index (κ2) is 7.69. The zero-order valence-corrected chi connectivity index (χ0v) is 15.9. The van der Waals surface area contributed by atoms with E-state index in [1.165, 1.54) is 6.26 Å². The maximum absolute atomic E-state index is 14.2. The maximum atomic E-state index is 14.2. The lowest BCUT2D eigenvalue weighted by Crippen LogP contribution is -2.25. The lowest BCUT2D eigenvalue weighted by Gasteiger charge is -2.26. The Kier molecular flexibility index (Phi) is 5.11. The van der Waals surface area contributed by atoms with Crippen molar-refractivity contribution in [2.45, 2.75) is 12.8 Å². The molecule has 1 aliphatic heterocycles. The van der Waals surface area contributed by atoms with E-state index in [0.717, 1.165) is 17.7 Å². The SMILES string of the molecule is N=C1C=COC2=CCC(=Nc3nc(Nc4ccc(Cl)c(Cl)c4)ncc3F)CC12. The fourth-order valence-corrected chi connectivity index (χ4v) is 3.21. The van der Waals surface area contributed by atoms with Gasteiger partial charge < -0.3 is 15.5 Å². The number of aromatic nitrogens is 2. The molecule has 0 spiro atoms. The number of fused-ring (bicyclic) bond motifs is 1. The predicted octanol–water partition coefficient (Wildman–Crippen LogP) is 5.60. The molecule has 142 valence electrons. The van der Waals surface area contributed by atoms with Crippen molar-refractivity contribution in [2.24, 2.45) is 10.9 Å². The molecule has 2 aliphatic rings. The number of halogens is 3. The molecule has 9 heteroatoms. The molecule has 1 unspecified atom stereocenters. The molecular weight excluding hydrogens is 404 g/mol. The van der Waals surface area contributed by atoms with Crippen molar-refractivity contribution in [3.8, 4) is 0 Å². The molecule has 1 aliphatic carbocycles. The molecule has 1 atom stereocenters. The van der Waals surface area contributed by atoms with E-state index in [4.69, 9.17) is 33.3 Å². The van der Waals surface area contributed by atoms with E-state index >= 15 is 0 Å². The van der Waals surface area contributed by atoms with Gasteiger partial charge >= 0.3 is 0 Å². The standard InChI is InChI=1S/C19H14Cl2FN5O/c20-13-3-1-11(8-14(13)21)26-19-24-9-15(22)18(27-19)25-10-2-4-17-12(7-10)16(23)5-6-28-17/h1,3-6,8-9,12,23H,2,7H2,(H,24,26,27). The summed E-state index contributed by atoms with van der Waals surface area (Å²) in [6.45, 7) is 0. The fraction of sp³-hybridized carbons (Fsp3) is 0.158. The highest BCUT2D eigenvalue weighted by atomic mass is 35.5. The van der Waals surface area contributed by atoms with Crippen LogP contribution >= 0.6 is 23.2 Å². The van der Waals surface area contributed by atoms with Crippen molar-refractivity contribution >= 4 is 52.1 Å². The average molecular weight is 418 g/mol. The van der Waals surface area contributed by atoms with Gasteiger partial charge in [0.25, 0.3) is 0 Å². The van der Waals surface area contributed by atoms with Crippen LogP contribution in [0, 0.1) is 17.1 Å². The molecule has 1 aromatic heterocycles. The van der Waals surface area contributed by atoms with Crippen LogP contribution in [0.3, 0.4) is 0 Å². The van der Waals surface area contributed by atoms with E-state index in [0.29, 0.717) is 34.3 Å². The first kappa shape index (κ1) is 18.6. The first-order valence-corrected chi connectivity index (χ1v) is 9.18. The van der Waals surface area contributed by atoms with Crippen molar-refractivity contribution in [1.82, 2.24) is 9.97 Å². The normalized spacial score (nSPS) is 19.8. The summed E-state index contributed by atoms with van der Waals surface area (Å²) >= 11 is 11.9. The minimum Gasteiger partial charge on any atom is -0.469 e. The largest absolute Gasteiger partial charge is 0.469 e. The number of allylic oxidation sites excluding steroid dienone is 3. The van der Waals surface area contributed by atoms with E-state index in [-0.39, 0.29) is 17.7 Å². The number of benzene rings is 1. The lowest BCUT2D eigenvalue weighted by molar-refractivity contribution is 0.304. The molecule has 28 heavy (non-hydrogen) atoms. The molecular formula is C19H14Cl2FN5O. The van der Waals surface area contributed by atoms with Crippen LogP contribution in [0.1, 0.15) is 12.8 Å². The number of nitrogens with one attached hydrogen (secondary N) is 2. The van der Waals surface area contributed by atoms with Crippen molar-refractivity contribution in [3.05, 3.63) is 64.4 Å². The average Bonchev–Trinajstić information content (AvgIpc) is 2.68. The van der Waals surface area contributed by atoms with E-state index < -0.39 is 5.82 Å². The third-order valence-electron chi connectivity index (χ3n) is 4.31. The predicted molar refractivity (Wildman–Crippen MR) is 108 cm³/mol. The number of ether oxygens (including phenoxy) is 1. The molecule has 1 aromatic carbocycles. The van der Waals surface area contributed by atoms with Gasteiger partial charge in [-0.25, -0.2) is 14.4 Å². The monoisotopic (exact) mass is 417 g/mol. The van der Waals surface area contributed by atoms with E-state index in [2.05, 4.69) is 20.3 Å². The Balaban J connectivity index is 1.57. The lowest BCUT2D eigenvalue weighted by atomic mass is 9.87. The zero-order chi connectivity index (χ0) is 19.7. The summed E-state index contributed by atoms with van der Waals surface area (Å²) < 4.78 is 19.6. The Morgan fingerprint density at radius 2 is 2.14 bits per heavy atom. The Hall–Kier alpha value is -2.77. The van der Waals surface area contributed by atoms with Crippen LogP contribution < -0.4 is 5.32 Å². The molecule has 0 fully saturated rings. The first-order valence-electron chi connectivity index (χ1n) is 8.42. The van der Waals surface area contributed by atoms with Crippen LogP contribution in [0.4, 0.5) is 21.8 Å². The van der Waals surface area contributed by atoms with Crippen LogP contribution in [0.25, 0.3) is 0 Å². The number of nitrogens with zero attached hydrogens (tertiary/aromatic N) is 3. The third kappa shape index (κ3) is 3.90. The molecule has 2 heterocycles. The topological polar surface area (TPSA) is 83.2 Å². The van der Waals surface area contributed by atoms with Crippen LogP contribution in [0.5, 0.6) is 0 Å². The van der Waals surface area contributed by atoms with Gasteiger partial charge in [-0.15, -0.1) is 0 Å². The van der Waals surface area contributed by atoms with Crippen LogP contribution in [0.15, 0.2) is 53.6 Å². The van der Waals surface area contributed by atoms with Gasteiger partial charge in [-0.3, -0.25) is 0 Å². The summed E-state index contributed by atoms with van der Waals surface area (Å²) in [5.74, 6) is 0.0238. The van der Waals surface area contributed by atoms with Crippen LogP contribution in [0.2, 0.25) is 10.0 Å². The van der Waals surface area contributed by atoms with Gasteiger partial charge in [-0.1, -0.05) is 23.2 Å². The Bertz CT molecular complexity index is 1050. The first-order chi connectivity index (χ1) is 13.5. The number of hydrogen-bond donors (Lipinski definition) is 2. The summed E-state index contributed by atoms with van der Waals surface area (Å²) in [5.41, 5.74) is 1.77. The Labute approximate surface area is 170 Å². The smallest absolute Gasteiger partial charge is 0.229 e. The maximum Gasteiger partial charge on any atom is 0.229 e. The van der Waals surface area contributed by atoms with Gasteiger partial charge in [0.05, 0.1) is 28.4 Å². The molecule has 0 saturated heterocycles. The Morgan fingerprint density at radius 3 is 2.96 bits per heavy atom. The second-order valence-electron chi connectivity index (χ2n) is 6.24. The van der Waals surface area contributed by atoms with Crippen molar-refractivity contribution in [1.29, 1.82) is 5.41 Å². The van der Waals surface area contributed by atoms with E-state index in [9.17, 15) is 4.39 Å². The highest BCUT2D eigenvalue weighted by Gasteiger charge is 2.28. The van der Waals surface area contributed by atoms with Crippen molar-refractivity contribution in [2.75, 3.05) is 5.32 Å². The van der Waals surface area contributed by atoms with Gasteiger partial charge in [-0.05, 0) is 30.4 Å². The molecule has 0 saturated carbocycles. The van der Waals surface area contributed by atoms with Crippen LogP contribution in [-0.2, 0) is 4.74 Å². The molecule has 0 radical (unpaired) electrons. The highest BCUT2D eigenvalue weighted by molar-refractivity contribution is 6.42. The minimum absolute atomic E-state index is 0.0665. The van der Waals surface area contributed by atoms with Crippen molar-refractivity contribution in [3.63, 3.8) is 0 Å². The van der Waals surface area contributed by atoms with Gasteiger partial charge in [0.2, 0.25) is 5.95 Å². The minimum atomic E-state index is -0.628. The number of rotatable bonds is 3. The Morgan fingerprint density at radius 1 is 1.29 bits per heavy atom. The molecule has 0 bridgehead atoms. The van der Waals surface area contributed by atoms with Gasteiger partial charge in [0, 0.05) is 30.0 Å². The van der Waals surface area contributed by atoms with E-state index in [1.54, 1.807) is 24.3 Å². The number of hydrogen-bond acceptors (Lipinski definition) is 6. The summed E-state index contributed by atoms with van der Waals surface area (Å²) in [5, 5.41) is 11.8. The van der Waals surface area contributed by atoms with E-state index in [1.807, 2.05) is 6.08 Å². The van der Waals surface area contributed by atoms with Gasteiger partial charge in [-0.2, -0.15) is 4.98 Å². The molecule has 6 nitrogen and oxygen atoms in total. The second-order valence-corrected chi connectivity index (χ2v) is 7.05. The molecule has 0 amide bonds. The fourth-order valence-electron chi connectivity index (χ4n) is 2.92. The zero-order valence-electron chi connectivity index (χ0n) is 14.4. The van der Waals surface area contributed by atoms with Crippen molar-refractivity contribution < 1.29 is 9.13 Å². The summed E-state index contributed by atoms with van der Waals surface area (Å²) in [6, 6.07) is 4.97. The third-order valence-corrected chi connectivity index (χ3v) is 5.05. The quantitative estimate of drug-likeness (QED) is 0.680. The highest BCUT2D eigenvalue weighted by Crippen LogP contribution is 2.31. The molecule has 2 aromatic rings. The summed E-state index contributed by atoms with van der Waals surface area (Å²) in [6.07, 6.45) is 7.01. The summed E-state index contributed by atoms with van der Waals surface area (Å²) in [4.78, 5) is 12.5. The van der Waals surface area contributed by atoms with Gasteiger partial charge in [0.15, 0.2) is 11.6 Å². The number of aliphatic imine (C=N–C) groups is 1. The molecule has 4 rings (SSSR count). The summed E-state index contributed by atoms with van der Waals surface area (Å²) in [7, 11) is 0. The number of anilines is 2. The van der Waals surface area contributed by atoms with Gasteiger partial charge in [0.1, 0.15) is 5.76 Å².